The van der Waals surface area contributed by atoms with E-state index in [4.69, 9.17) is 11.5 Å². The highest BCUT2D eigenvalue weighted by molar-refractivity contribution is 7.91. The second kappa shape index (κ2) is 9.69. The molecule has 0 spiro atoms. The van der Waals surface area contributed by atoms with Gasteiger partial charge in [-0.1, -0.05) is 0 Å². The molecule has 0 amide bonds. The quantitative estimate of drug-likeness (QED) is 0.206. The lowest BCUT2D eigenvalue weighted by Crippen LogP contribution is -2.12. The fourth-order valence-electron chi connectivity index (χ4n) is 3.32. The summed E-state index contributed by atoms with van der Waals surface area (Å²) in [5.74, 6) is 0. The molecule has 0 fully saturated rings. The summed E-state index contributed by atoms with van der Waals surface area (Å²) >= 11 is 0. The predicted octanol–water partition coefficient (Wildman–Crippen LogP) is 4.00. The summed E-state index contributed by atoms with van der Waals surface area (Å²) in [5, 5.41) is 6.28. The molecule has 4 rings (SSSR count). The fraction of sp³-hybridized carbons (Fsp3) is 0.0400. The Labute approximate surface area is 204 Å². The zero-order chi connectivity index (χ0) is 25.1. The Hall–Kier alpha value is -4.02. The molecule has 0 heterocycles. The monoisotopic (exact) mass is 508 g/mol. The molecule has 0 atom stereocenters. The molecule has 4 aromatic rings. The van der Waals surface area contributed by atoms with E-state index in [1.54, 1.807) is 48.5 Å². The summed E-state index contributed by atoms with van der Waals surface area (Å²) in [7, 11) is -7.26. The second-order valence-electron chi connectivity index (χ2n) is 7.72. The summed E-state index contributed by atoms with van der Waals surface area (Å²) in [6.45, 7) is 0.341. The molecule has 4 aromatic carbocycles. The van der Waals surface area contributed by atoms with Gasteiger partial charge in [0.1, 0.15) is 0 Å². The zero-order valence-electron chi connectivity index (χ0n) is 18.5. The molecule has 35 heavy (non-hydrogen) atoms. The zero-order valence-corrected chi connectivity index (χ0v) is 20.2. The van der Waals surface area contributed by atoms with Gasteiger partial charge in [0.25, 0.3) is 0 Å². The van der Waals surface area contributed by atoms with E-state index in [0.717, 1.165) is 11.4 Å². The Kier molecular flexibility index (Phi) is 6.68. The molecular formula is C25H24N4O4S2. The molecule has 0 aliphatic rings. The molecule has 0 saturated carbocycles. The predicted molar refractivity (Wildman–Crippen MR) is 138 cm³/mol. The summed E-state index contributed by atoms with van der Waals surface area (Å²) in [4.78, 5) is 0.712. The molecule has 0 radical (unpaired) electrons. The SMILES string of the molecule is Nc1ccc(S(=O)(=O)c2ccc(NCNc3ccc(S(=O)(=O)c4ccc(N)cc4)cc3)cc2)cc1. The number of anilines is 4. The molecule has 0 saturated heterocycles. The molecule has 0 bridgehead atoms. The summed E-state index contributed by atoms with van der Waals surface area (Å²) in [6.07, 6.45) is 0. The van der Waals surface area contributed by atoms with E-state index >= 15 is 0 Å². The van der Waals surface area contributed by atoms with Gasteiger partial charge in [0, 0.05) is 22.7 Å². The fourth-order valence-corrected chi connectivity index (χ4v) is 5.84. The van der Waals surface area contributed by atoms with Crippen LogP contribution in [0.3, 0.4) is 0 Å². The maximum atomic E-state index is 12.7. The Morgan fingerprint density at radius 1 is 0.457 bits per heavy atom. The third-order valence-corrected chi connectivity index (χ3v) is 8.87. The first-order chi connectivity index (χ1) is 16.7. The number of benzene rings is 4. The van der Waals surface area contributed by atoms with Crippen molar-refractivity contribution in [3.05, 3.63) is 97.1 Å². The number of nitrogen functional groups attached to an aromatic ring is 2. The van der Waals surface area contributed by atoms with Gasteiger partial charge in [-0.05, 0) is 97.1 Å². The lowest BCUT2D eigenvalue weighted by molar-refractivity contribution is 0.594. The van der Waals surface area contributed by atoms with Crippen LogP contribution in [0.4, 0.5) is 22.7 Å². The molecule has 10 heteroatoms. The first kappa shape index (κ1) is 24.1. The number of hydrogen-bond acceptors (Lipinski definition) is 8. The van der Waals surface area contributed by atoms with Gasteiger partial charge in [0.05, 0.1) is 26.3 Å². The lowest BCUT2D eigenvalue weighted by atomic mass is 10.3. The summed E-state index contributed by atoms with van der Waals surface area (Å²) < 4.78 is 50.9. The van der Waals surface area contributed by atoms with Crippen molar-refractivity contribution in [2.24, 2.45) is 0 Å². The smallest absolute Gasteiger partial charge is 0.206 e. The van der Waals surface area contributed by atoms with Crippen molar-refractivity contribution in [3.8, 4) is 0 Å². The van der Waals surface area contributed by atoms with Crippen LogP contribution in [0.5, 0.6) is 0 Å². The van der Waals surface area contributed by atoms with Crippen molar-refractivity contribution in [1.29, 1.82) is 0 Å². The molecule has 6 N–H and O–H groups in total. The van der Waals surface area contributed by atoms with Crippen LogP contribution in [0.1, 0.15) is 0 Å². The Morgan fingerprint density at radius 3 is 1.00 bits per heavy atom. The molecule has 0 aliphatic heterocycles. The lowest BCUT2D eigenvalue weighted by Gasteiger charge is -2.11. The van der Waals surface area contributed by atoms with Gasteiger partial charge >= 0.3 is 0 Å². The average Bonchev–Trinajstić information content (AvgIpc) is 2.85. The highest BCUT2D eigenvalue weighted by Crippen LogP contribution is 2.24. The van der Waals surface area contributed by atoms with Gasteiger partial charge in [-0.2, -0.15) is 0 Å². The van der Waals surface area contributed by atoms with Gasteiger partial charge in [-0.15, -0.1) is 0 Å². The van der Waals surface area contributed by atoms with Gasteiger partial charge in [-0.25, -0.2) is 16.8 Å². The van der Waals surface area contributed by atoms with Crippen LogP contribution in [-0.4, -0.2) is 23.5 Å². The van der Waals surface area contributed by atoms with Gasteiger partial charge < -0.3 is 22.1 Å². The molecule has 0 aromatic heterocycles. The van der Waals surface area contributed by atoms with E-state index in [9.17, 15) is 16.8 Å². The maximum Gasteiger partial charge on any atom is 0.206 e. The normalized spacial score (nSPS) is 11.7. The number of sulfone groups is 2. The first-order valence-electron chi connectivity index (χ1n) is 10.6. The van der Waals surface area contributed by atoms with Crippen LogP contribution >= 0.6 is 0 Å². The Balaban J connectivity index is 1.36. The average molecular weight is 509 g/mol. The number of rotatable bonds is 8. The summed E-state index contributed by atoms with van der Waals surface area (Å²) in [6, 6.07) is 24.9. The number of nitrogens with two attached hydrogens (primary N) is 2. The Morgan fingerprint density at radius 2 is 0.714 bits per heavy atom. The molecule has 180 valence electrons. The van der Waals surface area contributed by atoms with Crippen LogP contribution in [0.25, 0.3) is 0 Å². The Bertz CT molecular complexity index is 1400. The molecule has 0 aliphatic carbocycles. The van der Waals surface area contributed by atoms with Crippen LogP contribution < -0.4 is 22.1 Å². The van der Waals surface area contributed by atoms with E-state index < -0.39 is 19.7 Å². The third kappa shape index (κ3) is 5.39. The van der Waals surface area contributed by atoms with Crippen molar-refractivity contribution >= 4 is 42.4 Å². The van der Waals surface area contributed by atoms with E-state index in [1.165, 1.54) is 48.5 Å². The van der Waals surface area contributed by atoms with Crippen molar-refractivity contribution in [1.82, 2.24) is 0 Å². The highest BCUT2D eigenvalue weighted by Gasteiger charge is 2.18. The van der Waals surface area contributed by atoms with Crippen molar-refractivity contribution < 1.29 is 16.8 Å². The minimum absolute atomic E-state index is 0.177. The molecule has 0 unspecified atom stereocenters. The van der Waals surface area contributed by atoms with Gasteiger partial charge in [0.2, 0.25) is 19.7 Å². The first-order valence-corrected chi connectivity index (χ1v) is 13.5. The standard InChI is InChI=1S/C25H24N4O4S2/c26-18-1-9-22(10-2-18)34(30,31)24-13-5-20(6-14-24)28-17-29-21-7-15-25(16-8-21)35(32,33)23-11-3-19(27)4-12-23/h1-16,28-29H,17,26-27H2. The van der Waals surface area contributed by atoms with Crippen molar-refractivity contribution in [2.75, 3.05) is 28.8 Å². The van der Waals surface area contributed by atoms with E-state index in [1.807, 2.05) is 0 Å². The minimum atomic E-state index is -3.63. The number of hydrogen-bond donors (Lipinski definition) is 4. The largest absolute Gasteiger partial charge is 0.399 e. The summed E-state index contributed by atoms with van der Waals surface area (Å²) in [5.41, 5.74) is 13.7. The van der Waals surface area contributed by atoms with Crippen LogP contribution in [0.15, 0.2) is 117 Å². The third-order valence-electron chi connectivity index (χ3n) is 5.30. The number of nitrogens with one attached hydrogen (secondary N) is 2. The van der Waals surface area contributed by atoms with Crippen LogP contribution in [0, 0.1) is 0 Å². The minimum Gasteiger partial charge on any atom is -0.399 e. The topological polar surface area (TPSA) is 144 Å². The highest BCUT2D eigenvalue weighted by atomic mass is 32.2. The van der Waals surface area contributed by atoms with Crippen LogP contribution in [0.2, 0.25) is 0 Å². The molecule has 8 nitrogen and oxygen atoms in total. The van der Waals surface area contributed by atoms with Gasteiger partial charge in [-0.3, -0.25) is 0 Å². The maximum absolute atomic E-state index is 12.7. The van der Waals surface area contributed by atoms with Gasteiger partial charge in [0.15, 0.2) is 0 Å². The van der Waals surface area contributed by atoms with E-state index in [-0.39, 0.29) is 19.6 Å². The van der Waals surface area contributed by atoms with Crippen molar-refractivity contribution in [3.63, 3.8) is 0 Å². The van der Waals surface area contributed by atoms with Crippen molar-refractivity contribution in [2.45, 2.75) is 19.6 Å². The van der Waals surface area contributed by atoms with E-state index in [0.29, 0.717) is 18.0 Å². The second-order valence-corrected chi connectivity index (χ2v) is 11.6. The van der Waals surface area contributed by atoms with Crippen LogP contribution in [-0.2, 0) is 19.7 Å². The van der Waals surface area contributed by atoms with E-state index in [2.05, 4.69) is 10.6 Å². The molecular weight excluding hydrogens is 484 g/mol.